The predicted octanol–water partition coefficient (Wildman–Crippen LogP) is 0.761. The molecule has 0 aliphatic heterocycles. The summed E-state index contributed by atoms with van der Waals surface area (Å²) in [4.78, 5) is 8.46. The molecule has 5 nitrogen and oxygen atoms in total. The van der Waals surface area contributed by atoms with Gasteiger partial charge in [-0.3, -0.25) is 9.67 Å². The van der Waals surface area contributed by atoms with Crippen molar-refractivity contribution < 1.29 is 0 Å². The fourth-order valence-corrected chi connectivity index (χ4v) is 1.68. The number of aryl methyl sites for hydroxylation is 2. The van der Waals surface area contributed by atoms with Crippen LogP contribution >= 0.6 is 0 Å². The fourth-order valence-electron chi connectivity index (χ4n) is 1.68. The minimum absolute atomic E-state index is 0.135. The first-order chi connectivity index (χ1) is 7.68. The Bertz CT molecular complexity index is 477. The molecule has 5 heteroatoms. The molecule has 0 amide bonds. The molecule has 2 aromatic heterocycles. The lowest BCUT2D eigenvalue weighted by Crippen LogP contribution is -2.18. The average molecular weight is 217 g/mol. The minimum Gasteiger partial charge on any atom is -0.322 e. The third-order valence-corrected chi connectivity index (χ3v) is 2.61. The zero-order valence-electron chi connectivity index (χ0n) is 9.46. The zero-order chi connectivity index (χ0) is 11.5. The van der Waals surface area contributed by atoms with Crippen LogP contribution in [-0.2, 0) is 13.5 Å². The minimum atomic E-state index is -0.135. The van der Waals surface area contributed by atoms with E-state index in [1.807, 2.05) is 26.1 Å². The van der Waals surface area contributed by atoms with Gasteiger partial charge in [0.1, 0.15) is 12.2 Å². The van der Waals surface area contributed by atoms with Crippen LogP contribution in [0.2, 0.25) is 0 Å². The van der Waals surface area contributed by atoms with Crippen molar-refractivity contribution in [2.75, 3.05) is 0 Å². The summed E-state index contributed by atoms with van der Waals surface area (Å²) >= 11 is 0. The highest BCUT2D eigenvalue weighted by Crippen LogP contribution is 2.15. The Morgan fingerprint density at radius 2 is 2.25 bits per heavy atom. The molecule has 2 N–H and O–H groups in total. The van der Waals surface area contributed by atoms with Crippen LogP contribution < -0.4 is 5.73 Å². The van der Waals surface area contributed by atoms with Crippen molar-refractivity contribution in [3.8, 4) is 0 Å². The van der Waals surface area contributed by atoms with Crippen molar-refractivity contribution in [3.63, 3.8) is 0 Å². The Morgan fingerprint density at radius 1 is 1.44 bits per heavy atom. The molecule has 0 aliphatic carbocycles. The fraction of sp³-hybridized carbons (Fsp3) is 0.364. The van der Waals surface area contributed by atoms with Gasteiger partial charge in [-0.25, -0.2) is 4.98 Å². The van der Waals surface area contributed by atoms with E-state index in [1.54, 1.807) is 10.9 Å². The summed E-state index contributed by atoms with van der Waals surface area (Å²) in [7, 11) is 1.86. The Kier molecular flexibility index (Phi) is 2.96. The predicted molar refractivity (Wildman–Crippen MR) is 60.6 cm³/mol. The number of nitrogens with zero attached hydrogens (tertiary/aromatic N) is 4. The van der Waals surface area contributed by atoms with E-state index in [0.29, 0.717) is 6.42 Å². The summed E-state index contributed by atoms with van der Waals surface area (Å²) in [6, 6.07) is 3.79. The van der Waals surface area contributed by atoms with E-state index in [-0.39, 0.29) is 6.04 Å². The highest BCUT2D eigenvalue weighted by molar-refractivity contribution is 5.21. The Balaban J connectivity index is 2.18. The van der Waals surface area contributed by atoms with E-state index in [9.17, 15) is 0 Å². The van der Waals surface area contributed by atoms with E-state index < -0.39 is 0 Å². The van der Waals surface area contributed by atoms with E-state index in [2.05, 4.69) is 15.1 Å². The van der Waals surface area contributed by atoms with Crippen LogP contribution in [0.1, 0.15) is 23.1 Å². The summed E-state index contributed by atoms with van der Waals surface area (Å²) < 4.78 is 1.73. The molecule has 0 bridgehead atoms. The van der Waals surface area contributed by atoms with Crippen LogP contribution in [0.3, 0.4) is 0 Å². The van der Waals surface area contributed by atoms with Gasteiger partial charge in [0, 0.05) is 19.7 Å². The lowest BCUT2D eigenvalue weighted by atomic mass is 10.1. The van der Waals surface area contributed by atoms with E-state index in [0.717, 1.165) is 17.1 Å². The molecule has 16 heavy (non-hydrogen) atoms. The van der Waals surface area contributed by atoms with Gasteiger partial charge in [0.15, 0.2) is 0 Å². The number of nitrogens with two attached hydrogens (primary N) is 1. The molecule has 0 saturated carbocycles. The molecule has 1 unspecified atom stereocenters. The van der Waals surface area contributed by atoms with Crippen LogP contribution in [0.5, 0.6) is 0 Å². The third kappa shape index (κ3) is 2.09. The molecule has 0 aromatic carbocycles. The van der Waals surface area contributed by atoms with E-state index in [4.69, 9.17) is 5.73 Å². The molecular weight excluding hydrogens is 202 g/mol. The molecule has 0 spiro atoms. The van der Waals surface area contributed by atoms with Gasteiger partial charge >= 0.3 is 0 Å². The number of pyridine rings is 1. The number of aromatic nitrogens is 4. The van der Waals surface area contributed by atoms with E-state index in [1.165, 1.54) is 6.33 Å². The van der Waals surface area contributed by atoms with Gasteiger partial charge < -0.3 is 5.73 Å². The quantitative estimate of drug-likeness (QED) is 0.824. The van der Waals surface area contributed by atoms with Gasteiger partial charge in [-0.2, -0.15) is 5.10 Å². The van der Waals surface area contributed by atoms with Crippen molar-refractivity contribution in [2.24, 2.45) is 12.8 Å². The first-order valence-corrected chi connectivity index (χ1v) is 5.18. The van der Waals surface area contributed by atoms with Crippen molar-refractivity contribution >= 4 is 0 Å². The van der Waals surface area contributed by atoms with Gasteiger partial charge in [-0.05, 0) is 18.6 Å². The maximum Gasteiger partial charge on any atom is 0.138 e. The normalized spacial score (nSPS) is 12.7. The first-order valence-electron chi connectivity index (χ1n) is 5.18. The standard InChI is InChI=1S/C11H15N5/c1-8-4-3-5-13-11(8)9(12)6-10-14-7-15-16(10)2/h3-5,7,9H,6,12H2,1-2H3. The van der Waals surface area contributed by atoms with Gasteiger partial charge in [-0.1, -0.05) is 6.07 Å². The Labute approximate surface area is 94.3 Å². The molecule has 0 fully saturated rings. The molecule has 84 valence electrons. The van der Waals surface area contributed by atoms with Crippen LogP contribution in [0.4, 0.5) is 0 Å². The van der Waals surface area contributed by atoms with Crippen LogP contribution in [0, 0.1) is 6.92 Å². The van der Waals surface area contributed by atoms with Crippen molar-refractivity contribution in [1.82, 2.24) is 19.7 Å². The van der Waals surface area contributed by atoms with Gasteiger partial charge in [-0.15, -0.1) is 0 Å². The lowest BCUT2D eigenvalue weighted by Gasteiger charge is -2.12. The number of hydrogen-bond acceptors (Lipinski definition) is 4. The maximum atomic E-state index is 6.11. The summed E-state index contributed by atoms with van der Waals surface area (Å²) in [5.41, 5.74) is 8.14. The van der Waals surface area contributed by atoms with Gasteiger partial charge in [0.25, 0.3) is 0 Å². The lowest BCUT2D eigenvalue weighted by molar-refractivity contribution is 0.616. The summed E-state index contributed by atoms with van der Waals surface area (Å²) in [6.45, 7) is 2.01. The summed E-state index contributed by atoms with van der Waals surface area (Å²) in [5.74, 6) is 0.873. The Hall–Kier alpha value is -1.75. The molecule has 2 rings (SSSR count). The van der Waals surface area contributed by atoms with Crippen LogP contribution in [0.15, 0.2) is 24.7 Å². The SMILES string of the molecule is Cc1cccnc1C(N)Cc1ncnn1C. The highest BCUT2D eigenvalue weighted by Gasteiger charge is 2.13. The smallest absolute Gasteiger partial charge is 0.138 e. The van der Waals surface area contributed by atoms with Crippen LogP contribution in [-0.4, -0.2) is 19.7 Å². The maximum absolute atomic E-state index is 6.11. The topological polar surface area (TPSA) is 69.6 Å². The van der Waals surface area contributed by atoms with Crippen LogP contribution in [0.25, 0.3) is 0 Å². The third-order valence-electron chi connectivity index (χ3n) is 2.61. The summed E-state index contributed by atoms with van der Waals surface area (Å²) in [5, 5.41) is 4.02. The highest BCUT2D eigenvalue weighted by atomic mass is 15.3. The molecule has 1 atom stereocenters. The second-order valence-corrected chi connectivity index (χ2v) is 3.82. The molecule has 2 heterocycles. The number of hydrogen-bond donors (Lipinski definition) is 1. The molecule has 2 aromatic rings. The molecule has 0 radical (unpaired) electrons. The van der Waals surface area contributed by atoms with Gasteiger partial charge in [0.05, 0.1) is 11.7 Å². The Morgan fingerprint density at radius 3 is 2.88 bits per heavy atom. The molecule has 0 aliphatic rings. The monoisotopic (exact) mass is 217 g/mol. The summed E-state index contributed by atoms with van der Waals surface area (Å²) in [6.07, 6.45) is 3.94. The molecule has 0 saturated heterocycles. The first kappa shape index (κ1) is 10.8. The largest absolute Gasteiger partial charge is 0.322 e. The zero-order valence-corrected chi connectivity index (χ0v) is 9.46. The van der Waals surface area contributed by atoms with E-state index >= 15 is 0 Å². The number of rotatable bonds is 3. The second-order valence-electron chi connectivity index (χ2n) is 3.82. The van der Waals surface area contributed by atoms with Gasteiger partial charge in [0.2, 0.25) is 0 Å². The van der Waals surface area contributed by atoms with Crippen molar-refractivity contribution in [2.45, 2.75) is 19.4 Å². The van der Waals surface area contributed by atoms with Crippen molar-refractivity contribution in [3.05, 3.63) is 41.7 Å². The second kappa shape index (κ2) is 4.40. The molecular formula is C11H15N5. The average Bonchev–Trinajstić information content (AvgIpc) is 2.65. The van der Waals surface area contributed by atoms with Crippen molar-refractivity contribution in [1.29, 1.82) is 0 Å².